The van der Waals surface area contributed by atoms with Gasteiger partial charge in [-0.15, -0.1) is 0 Å². The van der Waals surface area contributed by atoms with E-state index in [1.165, 1.54) is 0 Å². The van der Waals surface area contributed by atoms with Crippen LogP contribution in [0.2, 0.25) is 0 Å². The first-order valence-corrected chi connectivity index (χ1v) is 22.1. The highest BCUT2D eigenvalue weighted by Crippen LogP contribution is 2.16. The number of rotatable bonds is 24. The van der Waals surface area contributed by atoms with Crippen molar-refractivity contribution in [2.45, 2.75) is 70.0 Å². The van der Waals surface area contributed by atoms with E-state index in [2.05, 4.69) is 15.5 Å². The fraction of sp³-hybridized carbons (Fsp3) is 0.500. The molecule has 2 aromatic rings. The number of benzene rings is 2. The first-order chi connectivity index (χ1) is 31.5. The predicted molar refractivity (Wildman–Crippen MR) is 238 cm³/mol. The number of unbranched alkanes of at least 4 members (excludes halogenated alkanes) is 1. The number of carboxylic acid groups (broad SMARTS) is 4. The van der Waals surface area contributed by atoms with E-state index in [0.717, 1.165) is 28.2 Å². The minimum atomic E-state index is -1.28. The normalized spacial score (nSPS) is 17.9. The fourth-order valence-electron chi connectivity index (χ4n) is 7.93. The second-order valence-corrected chi connectivity index (χ2v) is 16.4. The van der Waals surface area contributed by atoms with Crippen LogP contribution < -0.4 is 10.6 Å². The average Bonchev–Trinajstić information content (AvgIpc) is 3.59. The van der Waals surface area contributed by atoms with Gasteiger partial charge in [0.1, 0.15) is 6.04 Å². The maximum atomic E-state index is 13.7. The van der Waals surface area contributed by atoms with Crippen LogP contribution in [0.25, 0.3) is 0 Å². The molecule has 1 saturated heterocycles. The van der Waals surface area contributed by atoms with Crippen LogP contribution >= 0.6 is 0 Å². The Morgan fingerprint density at radius 2 is 1.24 bits per heavy atom. The van der Waals surface area contributed by atoms with Crippen molar-refractivity contribution in [1.82, 2.24) is 35.1 Å². The summed E-state index contributed by atoms with van der Waals surface area (Å²) in [6.45, 7) is 4.35. The molecule has 4 rings (SSSR count). The maximum Gasteiger partial charge on any atom is 0.326 e. The van der Waals surface area contributed by atoms with Crippen molar-refractivity contribution in [3.63, 3.8) is 0 Å². The van der Waals surface area contributed by atoms with Gasteiger partial charge in [0.2, 0.25) is 5.91 Å². The number of amides is 4. The molecule has 3 unspecified atom stereocenters. The van der Waals surface area contributed by atoms with Crippen molar-refractivity contribution in [1.29, 1.82) is 0 Å². The molecule has 358 valence electrons. The molecule has 4 amide bonds. The van der Waals surface area contributed by atoms with Crippen LogP contribution in [0.5, 0.6) is 0 Å². The van der Waals surface area contributed by atoms with Gasteiger partial charge in [-0.25, -0.2) is 4.79 Å². The van der Waals surface area contributed by atoms with Gasteiger partial charge in [0.05, 0.1) is 25.7 Å². The third-order valence-electron chi connectivity index (χ3n) is 11.6. The van der Waals surface area contributed by atoms with E-state index in [1.807, 2.05) is 11.8 Å². The highest BCUT2D eigenvalue weighted by Gasteiger charge is 2.29. The Labute approximate surface area is 383 Å². The summed E-state index contributed by atoms with van der Waals surface area (Å²) in [5, 5.41) is 44.2. The molecule has 6 N–H and O–H groups in total. The molecule has 3 atom stereocenters. The Hall–Kier alpha value is -6.35. The van der Waals surface area contributed by atoms with E-state index >= 15 is 0 Å². The summed E-state index contributed by atoms with van der Waals surface area (Å²) in [4.78, 5) is 120. The minimum absolute atomic E-state index is 0.0291. The number of ketones is 1. The van der Waals surface area contributed by atoms with Gasteiger partial charge in [-0.3, -0.25) is 58.0 Å². The Kier molecular flexibility index (Phi) is 21.0. The van der Waals surface area contributed by atoms with Crippen LogP contribution in [0, 0.1) is 0 Å². The molecule has 20 heteroatoms. The van der Waals surface area contributed by atoms with Crippen molar-refractivity contribution >= 4 is 53.3 Å². The lowest BCUT2D eigenvalue weighted by Gasteiger charge is -2.37. The smallest absolute Gasteiger partial charge is 0.326 e. The summed E-state index contributed by atoms with van der Waals surface area (Å²) < 4.78 is 0. The Morgan fingerprint density at radius 1 is 0.652 bits per heavy atom. The standard InChI is InChI=1S/C46H61N7O13/c1-2-49-20-21-50(29-42(58)59)22-23-51(30-43(60)61)28-35(52(25-24-49)31-44(62)63)26-33-11-13-34(14-12-33)45(64)48-37(27-32-8-4-3-5-9-32)38(54)15-16-39(55)47-36(46(65)66)10-6-7-19-53-40(56)17-18-41(53)57/h3-5,8-9,11-14,17-18,35-37H,2,6-7,10,15-16,19-31H2,1H3,(H,47,55)(H,48,64)(H,58,59)(H,60,61)(H,62,63)(H,65,66). The molecular formula is C46H61N7O13. The number of carbonyl (C=O) groups is 9. The van der Waals surface area contributed by atoms with Crippen LogP contribution in [0.1, 0.15) is 60.5 Å². The van der Waals surface area contributed by atoms with Crippen LogP contribution in [-0.2, 0) is 51.2 Å². The summed E-state index contributed by atoms with van der Waals surface area (Å²) in [6.07, 6.45) is 2.72. The Balaban J connectivity index is 1.44. The number of carboxylic acids is 4. The van der Waals surface area contributed by atoms with Crippen molar-refractivity contribution in [3.05, 3.63) is 83.4 Å². The summed E-state index contributed by atoms with van der Waals surface area (Å²) in [6, 6.07) is 12.7. The van der Waals surface area contributed by atoms with Gasteiger partial charge in [-0.1, -0.05) is 49.4 Å². The summed E-state index contributed by atoms with van der Waals surface area (Å²) in [5.74, 6) is -7.01. The highest BCUT2D eigenvalue weighted by molar-refractivity contribution is 6.12. The molecule has 0 bridgehead atoms. The van der Waals surface area contributed by atoms with Crippen molar-refractivity contribution in [2.75, 3.05) is 78.5 Å². The number of imide groups is 1. The largest absolute Gasteiger partial charge is 0.480 e. The first kappa shape index (κ1) is 52.3. The lowest BCUT2D eigenvalue weighted by Crippen LogP contribution is -2.53. The number of hydrogen-bond acceptors (Lipinski definition) is 13. The molecule has 66 heavy (non-hydrogen) atoms. The molecule has 0 radical (unpaired) electrons. The molecule has 0 spiro atoms. The molecular weight excluding hydrogens is 859 g/mol. The first-order valence-electron chi connectivity index (χ1n) is 22.1. The van der Waals surface area contributed by atoms with Gasteiger partial charge >= 0.3 is 23.9 Å². The van der Waals surface area contributed by atoms with E-state index in [9.17, 15) is 63.6 Å². The van der Waals surface area contributed by atoms with E-state index in [0.29, 0.717) is 45.6 Å². The summed E-state index contributed by atoms with van der Waals surface area (Å²) in [5.41, 5.74) is 1.68. The summed E-state index contributed by atoms with van der Waals surface area (Å²) in [7, 11) is 0. The maximum absolute atomic E-state index is 13.7. The van der Waals surface area contributed by atoms with Crippen LogP contribution in [0.15, 0.2) is 66.7 Å². The molecule has 1 fully saturated rings. The molecule has 0 saturated carbocycles. The van der Waals surface area contributed by atoms with E-state index in [4.69, 9.17) is 0 Å². The SMILES string of the molecule is CCN1CCN(CC(=O)O)CCN(CC(=O)O)CC(Cc2ccc(C(=O)NC(Cc3ccccc3)C(=O)CCC(=O)NC(CCCCN3C(=O)C=CC3=O)C(=O)O)cc2)N(CC(=O)O)CC1. The number of nitrogens with one attached hydrogen (secondary N) is 2. The van der Waals surface area contributed by atoms with Gasteiger partial charge in [0.15, 0.2) is 5.78 Å². The van der Waals surface area contributed by atoms with E-state index < -0.39 is 71.4 Å². The molecule has 20 nitrogen and oxygen atoms in total. The van der Waals surface area contributed by atoms with E-state index in [-0.39, 0.29) is 83.5 Å². The molecule has 2 aliphatic rings. The summed E-state index contributed by atoms with van der Waals surface area (Å²) >= 11 is 0. The van der Waals surface area contributed by atoms with Gasteiger partial charge in [0.25, 0.3) is 17.7 Å². The molecule has 2 heterocycles. The predicted octanol–water partition coefficient (Wildman–Crippen LogP) is 0.448. The quantitative estimate of drug-likeness (QED) is 0.0616. The van der Waals surface area contributed by atoms with Gasteiger partial charge in [-0.05, 0) is 61.9 Å². The zero-order chi connectivity index (χ0) is 48.2. The Bertz CT molecular complexity index is 2030. The number of nitrogens with zero attached hydrogens (tertiary/aromatic N) is 5. The minimum Gasteiger partial charge on any atom is -0.480 e. The fourth-order valence-corrected chi connectivity index (χ4v) is 7.93. The molecule has 0 aromatic heterocycles. The molecule has 2 aromatic carbocycles. The lowest BCUT2D eigenvalue weighted by atomic mass is 9.98. The topological polar surface area (TPSA) is 275 Å². The monoisotopic (exact) mass is 919 g/mol. The van der Waals surface area contributed by atoms with Crippen LogP contribution in [0.4, 0.5) is 0 Å². The average molecular weight is 920 g/mol. The second-order valence-electron chi connectivity index (χ2n) is 16.4. The van der Waals surface area contributed by atoms with Crippen LogP contribution in [0.3, 0.4) is 0 Å². The number of aliphatic carboxylic acids is 4. The Morgan fingerprint density at radius 3 is 1.85 bits per heavy atom. The van der Waals surface area contributed by atoms with Gasteiger partial charge < -0.3 is 36.0 Å². The van der Waals surface area contributed by atoms with Crippen molar-refractivity contribution in [3.8, 4) is 0 Å². The lowest BCUT2D eigenvalue weighted by molar-refractivity contribution is -0.142. The number of likely N-dealkylation sites (N-methyl/N-ethyl adjacent to an activating group) is 1. The van der Waals surface area contributed by atoms with Crippen LogP contribution in [-0.4, -0.2) is 195 Å². The zero-order valence-electron chi connectivity index (χ0n) is 37.2. The number of carbonyl (C=O) groups excluding carboxylic acids is 5. The number of hydrogen-bond donors (Lipinski definition) is 6. The third-order valence-corrected chi connectivity index (χ3v) is 11.6. The molecule has 0 aliphatic carbocycles. The second kappa shape index (κ2) is 26.6. The highest BCUT2D eigenvalue weighted by atomic mass is 16.4. The third kappa shape index (κ3) is 17.9. The van der Waals surface area contributed by atoms with E-state index in [1.54, 1.807) is 64.4 Å². The van der Waals surface area contributed by atoms with Gasteiger partial charge in [0, 0.05) is 89.0 Å². The van der Waals surface area contributed by atoms with Gasteiger partial charge in [-0.2, -0.15) is 0 Å². The van der Waals surface area contributed by atoms with Crippen molar-refractivity contribution < 1.29 is 63.6 Å². The zero-order valence-corrected chi connectivity index (χ0v) is 37.2. The number of Topliss-reactive ketones (excluding diaryl/α,β-unsaturated/α-hetero) is 1. The molecule has 2 aliphatic heterocycles. The van der Waals surface area contributed by atoms with Crippen molar-refractivity contribution in [2.24, 2.45) is 0 Å².